The topological polar surface area (TPSA) is 103 Å². The molecular formula is C23H29NO7. The van der Waals surface area contributed by atoms with Crippen LogP contribution in [0.15, 0.2) is 42.5 Å². The number of benzene rings is 2. The molecule has 168 valence electrons. The zero-order valence-corrected chi connectivity index (χ0v) is 18.4. The summed E-state index contributed by atoms with van der Waals surface area (Å²) >= 11 is 0. The number of aliphatic hydroxyl groups is 1. The van der Waals surface area contributed by atoms with E-state index in [0.717, 1.165) is 5.56 Å². The van der Waals surface area contributed by atoms with E-state index in [4.69, 9.17) is 18.9 Å². The number of hydrogen-bond acceptors (Lipinski definition) is 7. The van der Waals surface area contributed by atoms with Gasteiger partial charge < -0.3 is 24.1 Å². The van der Waals surface area contributed by atoms with Crippen LogP contribution >= 0.6 is 0 Å². The number of methoxy groups -OCH3 is 2. The molecule has 1 amide bonds. The molecule has 2 aromatic carbocycles. The Morgan fingerprint density at radius 3 is 2.29 bits per heavy atom. The van der Waals surface area contributed by atoms with Gasteiger partial charge >= 0.3 is 12.1 Å². The third-order valence-electron chi connectivity index (χ3n) is 4.28. The van der Waals surface area contributed by atoms with Crippen LogP contribution in [0.2, 0.25) is 0 Å². The second-order valence-corrected chi connectivity index (χ2v) is 7.77. The fourth-order valence-electron chi connectivity index (χ4n) is 2.79. The molecule has 0 aromatic heterocycles. The average molecular weight is 431 g/mol. The zero-order chi connectivity index (χ0) is 23.0. The van der Waals surface area contributed by atoms with Gasteiger partial charge in [0.1, 0.15) is 11.2 Å². The van der Waals surface area contributed by atoms with Gasteiger partial charge in [-0.2, -0.15) is 0 Å². The molecule has 0 heterocycles. The van der Waals surface area contributed by atoms with E-state index in [0.29, 0.717) is 11.4 Å². The Kier molecular flexibility index (Phi) is 8.27. The number of ether oxygens (including phenoxy) is 4. The van der Waals surface area contributed by atoms with Crippen LogP contribution in [0.25, 0.3) is 0 Å². The number of carbonyl (C=O) groups is 2. The van der Waals surface area contributed by atoms with Crippen molar-refractivity contribution in [3.8, 4) is 11.5 Å². The lowest BCUT2D eigenvalue weighted by Crippen LogP contribution is -2.27. The third-order valence-corrected chi connectivity index (χ3v) is 4.28. The van der Waals surface area contributed by atoms with Gasteiger partial charge in [-0.25, -0.2) is 9.59 Å². The van der Waals surface area contributed by atoms with Crippen LogP contribution in [-0.4, -0.2) is 50.2 Å². The van der Waals surface area contributed by atoms with E-state index in [9.17, 15) is 14.7 Å². The first-order chi connectivity index (χ1) is 14.7. The Labute approximate surface area is 182 Å². The van der Waals surface area contributed by atoms with Crippen LogP contribution in [0, 0.1) is 0 Å². The smallest absolute Gasteiger partial charge is 0.412 e. The van der Waals surface area contributed by atoms with E-state index < -0.39 is 17.7 Å². The lowest BCUT2D eigenvalue weighted by Gasteiger charge is -2.20. The maximum atomic E-state index is 12.0. The van der Waals surface area contributed by atoms with Gasteiger partial charge in [0.15, 0.2) is 11.5 Å². The first kappa shape index (κ1) is 24.0. The van der Waals surface area contributed by atoms with Crippen LogP contribution in [0.4, 0.5) is 10.5 Å². The Balaban J connectivity index is 2.11. The number of anilines is 1. The minimum Gasteiger partial charge on any atom is -0.493 e. The predicted octanol–water partition coefficient (Wildman–Crippen LogP) is 3.98. The molecule has 0 aliphatic carbocycles. The van der Waals surface area contributed by atoms with E-state index in [-0.39, 0.29) is 30.4 Å². The van der Waals surface area contributed by atoms with E-state index in [1.807, 2.05) is 0 Å². The molecule has 0 bridgehead atoms. The van der Waals surface area contributed by atoms with Crippen molar-refractivity contribution in [3.63, 3.8) is 0 Å². The first-order valence-corrected chi connectivity index (χ1v) is 9.77. The molecule has 2 rings (SSSR count). The largest absolute Gasteiger partial charge is 0.493 e. The van der Waals surface area contributed by atoms with Crippen molar-refractivity contribution >= 4 is 17.7 Å². The predicted molar refractivity (Wildman–Crippen MR) is 116 cm³/mol. The number of amides is 1. The van der Waals surface area contributed by atoms with Gasteiger partial charge in [-0.05, 0) is 50.6 Å². The second kappa shape index (κ2) is 10.7. The standard InChI is InChI=1S/C23H29NO7/c1-23(2,3)31-22(27)24-17-11-9-15(10-12-17)16(13-25)14-30-20-18(21(26)29-5)7-6-8-19(20)28-4/h6-12,16,25H,13-14H2,1-5H3,(H,24,27). The number of aliphatic hydroxyl groups excluding tert-OH is 1. The van der Waals surface area contributed by atoms with Crippen molar-refractivity contribution in [3.05, 3.63) is 53.6 Å². The highest BCUT2D eigenvalue weighted by Crippen LogP contribution is 2.33. The fourth-order valence-corrected chi connectivity index (χ4v) is 2.79. The van der Waals surface area contributed by atoms with Gasteiger partial charge in [0.05, 0.1) is 27.4 Å². The summed E-state index contributed by atoms with van der Waals surface area (Å²) < 4.78 is 21.2. The molecule has 8 nitrogen and oxygen atoms in total. The monoisotopic (exact) mass is 431 g/mol. The SMILES string of the molecule is COC(=O)c1cccc(OC)c1OCC(CO)c1ccc(NC(=O)OC(C)(C)C)cc1. The molecule has 0 radical (unpaired) electrons. The van der Waals surface area contributed by atoms with Gasteiger partial charge in [0.25, 0.3) is 0 Å². The van der Waals surface area contributed by atoms with Crippen LogP contribution in [-0.2, 0) is 9.47 Å². The van der Waals surface area contributed by atoms with Gasteiger partial charge in [-0.15, -0.1) is 0 Å². The highest BCUT2D eigenvalue weighted by molar-refractivity contribution is 5.93. The maximum Gasteiger partial charge on any atom is 0.412 e. The molecule has 31 heavy (non-hydrogen) atoms. The molecule has 0 spiro atoms. The van der Waals surface area contributed by atoms with Crippen molar-refractivity contribution in [2.24, 2.45) is 0 Å². The molecule has 0 aliphatic heterocycles. The minimum absolute atomic E-state index is 0.0969. The minimum atomic E-state index is -0.592. The zero-order valence-electron chi connectivity index (χ0n) is 18.4. The summed E-state index contributed by atoms with van der Waals surface area (Å²) in [6, 6.07) is 11.9. The van der Waals surface area contributed by atoms with Crippen molar-refractivity contribution < 1.29 is 33.6 Å². The number of nitrogens with one attached hydrogen (secondary N) is 1. The summed E-state index contributed by atoms with van der Waals surface area (Å²) in [4.78, 5) is 23.9. The third kappa shape index (κ3) is 6.89. The molecule has 1 atom stereocenters. The summed E-state index contributed by atoms with van der Waals surface area (Å²) in [5.41, 5.74) is 1.00. The number of esters is 1. The Bertz CT molecular complexity index is 888. The van der Waals surface area contributed by atoms with Crippen LogP contribution in [0.3, 0.4) is 0 Å². The molecule has 2 aromatic rings. The first-order valence-electron chi connectivity index (χ1n) is 9.77. The fraction of sp³-hybridized carbons (Fsp3) is 0.391. The normalized spacial score (nSPS) is 11.9. The number of para-hydroxylation sites is 1. The summed E-state index contributed by atoms with van der Waals surface area (Å²) in [6.07, 6.45) is -0.547. The molecule has 1 unspecified atom stereocenters. The molecule has 0 saturated heterocycles. The van der Waals surface area contributed by atoms with Gasteiger partial charge in [-0.3, -0.25) is 5.32 Å². The Hall–Kier alpha value is -3.26. The van der Waals surface area contributed by atoms with Crippen molar-refractivity contribution in [2.45, 2.75) is 32.3 Å². The molecule has 0 aliphatic rings. The molecule has 0 saturated carbocycles. The summed E-state index contributed by atoms with van der Waals surface area (Å²) in [5, 5.41) is 12.5. The van der Waals surface area contributed by atoms with Crippen LogP contribution in [0.1, 0.15) is 42.6 Å². The van der Waals surface area contributed by atoms with Crippen LogP contribution in [0.5, 0.6) is 11.5 Å². The summed E-state index contributed by atoms with van der Waals surface area (Å²) in [6.45, 7) is 5.28. The van der Waals surface area contributed by atoms with E-state index >= 15 is 0 Å². The van der Waals surface area contributed by atoms with E-state index in [1.54, 1.807) is 63.2 Å². The van der Waals surface area contributed by atoms with Crippen molar-refractivity contribution in [1.29, 1.82) is 0 Å². The maximum absolute atomic E-state index is 12.0. The molecule has 2 N–H and O–H groups in total. The van der Waals surface area contributed by atoms with E-state index in [1.165, 1.54) is 14.2 Å². The van der Waals surface area contributed by atoms with Crippen LogP contribution < -0.4 is 14.8 Å². The average Bonchev–Trinajstić information content (AvgIpc) is 2.73. The molecule has 8 heteroatoms. The van der Waals surface area contributed by atoms with Crippen molar-refractivity contribution in [2.75, 3.05) is 32.8 Å². The lowest BCUT2D eigenvalue weighted by atomic mass is 10.0. The summed E-state index contributed by atoms with van der Waals surface area (Å²) in [5.74, 6) is -0.284. The Morgan fingerprint density at radius 2 is 1.74 bits per heavy atom. The molecule has 0 fully saturated rings. The Morgan fingerprint density at radius 1 is 1.06 bits per heavy atom. The quantitative estimate of drug-likeness (QED) is 0.609. The number of carbonyl (C=O) groups excluding carboxylic acids is 2. The van der Waals surface area contributed by atoms with E-state index in [2.05, 4.69) is 5.32 Å². The van der Waals surface area contributed by atoms with Crippen molar-refractivity contribution in [1.82, 2.24) is 0 Å². The number of hydrogen-bond donors (Lipinski definition) is 2. The second-order valence-electron chi connectivity index (χ2n) is 7.77. The van der Waals surface area contributed by atoms with Gasteiger partial charge in [0.2, 0.25) is 0 Å². The molecular weight excluding hydrogens is 402 g/mol. The van der Waals surface area contributed by atoms with Gasteiger partial charge in [0, 0.05) is 11.6 Å². The number of rotatable bonds is 8. The highest BCUT2D eigenvalue weighted by atomic mass is 16.6. The lowest BCUT2D eigenvalue weighted by molar-refractivity contribution is 0.0592. The van der Waals surface area contributed by atoms with Gasteiger partial charge in [-0.1, -0.05) is 18.2 Å². The highest BCUT2D eigenvalue weighted by Gasteiger charge is 2.20. The summed E-state index contributed by atoms with van der Waals surface area (Å²) in [7, 11) is 2.76.